The van der Waals surface area contributed by atoms with Crippen molar-refractivity contribution >= 4 is 17.2 Å². The summed E-state index contributed by atoms with van der Waals surface area (Å²) in [5.74, 6) is 0.808. The summed E-state index contributed by atoms with van der Waals surface area (Å²) in [6.07, 6.45) is 5.33. The van der Waals surface area contributed by atoms with Crippen molar-refractivity contribution in [2.75, 3.05) is 19.7 Å². The average molecular weight is 328 g/mol. The Morgan fingerprint density at radius 3 is 2.87 bits per heavy atom. The molecular weight excluding hydrogens is 312 g/mol. The lowest BCUT2D eigenvalue weighted by Gasteiger charge is -2.32. The number of thiophene rings is 1. The van der Waals surface area contributed by atoms with E-state index in [2.05, 4.69) is 0 Å². The highest BCUT2D eigenvalue weighted by Gasteiger charge is 2.29. The molecule has 0 N–H and O–H groups in total. The van der Waals surface area contributed by atoms with Crippen LogP contribution >= 0.6 is 11.3 Å². The van der Waals surface area contributed by atoms with Crippen molar-refractivity contribution in [1.82, 2.24) is 9.47 Å². The van der Waals surface area contributed by atoms with Crippen molar-refractivity contribution < 1.29 is 13.9 Å². The van der Waals surface area contributed by atoms with Gasteiger partial charge < -0.3 is 18.6 Å². The zero-order valence-corrected chi connectivity index (χ0v) is 13.2. The van der Waals surface area contributed by atoms with Gasteiger partial charge in [-0.25, -0.2) is 0 Å². The van der Waals surface area contributed by atoms with Crippen molar-refractivity contribution in [1.29, 1.82) is 0 Å². The molecule has 118 valence electrons. The van der Waals surface area contributed by atoms with E-state index in [1.165, 1.54) is 11.3 Å². The summed E-state index contributed by atoms with van der Waals surface area (Å²) in [6, 6.07) is 9.60. The van der Waals surface area contributed by atoms with Crippen molar-refractivity contribution in [2.24, 2.45) is 0 Å². The summed E-state index contributed by atoms with van der Waals surface area (Å²) in [6.45, 7) is 1.62. The number of hydrogen-bond acceptors (Lipinski definition) is 4. The van der Waals surface area contributed by atoms with Crippen LogP contribution in [-0.4, -0.2) is 35.1 Å². The number of nitrogens with zero attached hydrogens (tertiary/aromatic N) is 2. The van der Waals surface area contributed by atoms with E-state index in [1.807, 2.05) is 57.6 Å². The molecule has 0 bridgehead atoms. The van der Waals surface area contributed by atoms with Gasteiger partial charge in [0.15, 0.2) is 0 Å². The maximum atomic E-state index is 12.9. The molecule has 23 heavy (non-hydrogen) atoms. The first-order valence-electron chi connectivity index (χ1n) is 7.48. The minimum atomic E-state index is -0.197. The van der Waals surface area contributed by atoms with Crippen LogP contribution in [0.2, 0.25) is 0 Å². The monoisotopic (exact) mass is 328 g/mol. The second-order valence-electron chi connectivity index (χ2n) is 5.35. The van der Waals surface area contributed by atoms with E-state index in [0.29, 0.717) is 19.7 Å². The fourth-order valence-electron chi connectivity index (χ4n) is 2.78. The van der Waals surface area contributed by atoms with Gasteiger partial charge in [0.2, 0.25) is 0 Å². The normalized spacial score (nSPS) is 18.3. The van der Waals surface area contributed by atoms with Crippen LogP contribution in [0.3, 0.4) is 0 Å². The van der Waals surface area contributed by atoms with Gasteiger partial charge in [-0.3, -0.25) is 4.79 Å². The summed E-state index contributed by atoms with van der Waals surface area (Å²) in [5, 5.41) is 1.95. The standard InChI is InChI=1S/C17H16N2O3S/c20-17(16-13(5-11-23-16)18-6-1-2-7-18)19-8-10-22-15(12-19)14-4-3-9-21-14/h1-7,9,11,15H,8,10,12H2/t15-/m0/s1. The Labute approximate surface area is 137 Å². The van der Waals surface area contributed by atoms with Crippen LogP contribution in [-0.2, 0) is 4.74 Å². The number of hydrogen-bond donors (Lipinski definition) is 0. The molecule has 1 amide bonds. The second-order valence-corrected chi connectivity index (χ2v) is 6.27. The van der Waals surface area contributed by atoms with Gasteiger partial charge in [-0.05, 0) is 35.7 Å². The third-order valence-corrected chi connectivity index (χ3v) is 4.83. The van der Waals surface area contributed by atoms with Crippen LogP contribution in [0.5, 0.6) is 0 Å². The number of morpholine rings is 1. The van der Waals surface area contributed by atoms with Gasteiger partial charge in [0.1, 0.15) is 16.7 Å². The minimum absolute atomic E-state index is 0.0450. The van der Waals surface area contributed by atoms with E-state index in [9.17, 15) is 4.79 Å². The molecule has 1 aliphatic rings. The first kappa shape index (κ1) is 14.3. The van der Waals surface area contributed by atoms with Crippen molar-refractivity contribution in [3.8, 4) is 5.69 Å². The number of aromatic nitrogens is 1. The molecule has 0 aromatic carbocycles. The Morgan fingerprint density at radius 1 is 1.22 bits per heavy atom. The Kier molecular flexibility index (Phi) is 3.77. The molecule has 1 aliphatic heterocycles. The van der Waals surface area contributed by atoms with Crippen molar-refractivity contribution in [2.45, 2.75) is 6.10 Å². The zero-order chi connectivity index (χ0) is 15.6. The van der Waals surface area contributed by atoms with E-state index in [-0.39, 0.29) is 12.0 Å². The summed E-state index contributed by atoms with van der Waals surface area (Å²) in [4.78, 5) is 15.5. The lowest BCUT2D eigenvalue weighted by Crippen LogP contribution is -2.42. The quantitative estimate of drug-likeness (QED) is 0.741. The van der Waals surface area contributed by atoms with Crippen LogP contribution in [0.15, 0.2) is 58.8 Å². The van der Waals surface area contributed by atoms with E-state index in [1.54, 1.807) is 6.26 Å². The largest absolute Gasteiger partial charge is 0.467 e. The molecule has 1 saturated heterocycles. The molecule has 0 radical (unpaired) electrons. The topological polar surface area (TPSA) is 47.6 Å². The van der Waals surface area contributed by atoms with Crippen LogP contribution in [0.25, 0.3) is 5.69 Å². The van der Waals surface area contributed by atoms with Crippen molar-refractivity contribution in [3.05, 3.63) is 65.0 Å². The third kappa shape index (κ3) is 2.71. The van der Waals surface area contributed by atoms with E-state index in [4.69, 9.17) is 9.15 Å². The molecular formula is C17H16N2O3S. The number of amides is 1. The van der Waals surface area contributed by atoms with Gasteiger partial charge in [-0.1, -0.05) is 0 Å². The van der Waals surface area contributed by atoms with Crippen LogP contribution in [0.1, 0.15) is 21.5 Å². The molecule has 0 spiro atoms. The molecule has 3 aromatic heterocycles. The van der Waals surface area contributed by atoms with E-state index >= 15 is 0 Å². The Hall–Kier alpha value is -2.31. The highest BCUT2D eigenvalue weighted by Crippen LogP contribution is 2.27. The van der Waals surface area contributed by atoms with Gasteiger partial charge in [0.05, 0.1) is 25.1 Å². The SMILES string of the molecule is O=C(c1sccc1-n1cccc1)N1CCO[C@H](c2ccco2)C1. The van der Waals surface area contributed by atoms with Gasteiger partial charge in [-0.2, -0.15) is 0 Å². The lowest BCUT2D eigenvalue weighted by atomic mass is 10.2. The molecule has 1 fully saturated rings. The van der Waals surface area contributed by atoms with E-state index in [0.717, 1.165) is 16.3 Å². The van der Waals surface area contributed by atoms with Crippen molar-refractivity contribution in [3.63, 3.8) is 0 Å². The molecule has 4 heterocycles. The molecule has 0 unspecified atom stereocenters. The molecule has 3 aromatic rings. The molecule has 0 saturated carbocycles. The number of furan rings is 1. The van der Waals surface area contributed by atoms with E-state index < -0.39 is 0 Å². The first-order chi connectivity index (χ1) is 11.3. The second kappa shape index (κ2) is 6.06. The van der Waals surface area contributed by atoms with Gasteiger partial charge in [0, 0.05) is 18.9 Å². The fourth-order valence-corrected chi connectivity index (χ4v) is 3.64. The summed E-state index contributed by atoms with van der Waals surface area (Å²) < 4.78 is 13.1. The third-order valence-electron chi connectivity index (χ3n) is 3.94. The number of carbonyl (C=O) groups excluding carboxylic acids is 1. The number of carbonyl (C=O) groups is 1. The van der Waals surface area contributed by atoms with Gasteiger partial charge in [0.25, 0.3) is 5.91 Å². The van der Waals surface area contributed by atoms with Crippen LogP contribution in [0.4, 0.5) is 0 Å². The number of ether oxygens (including phenoxy) is 1. The molecule has 0 aliphatic carbocycles. The van der Waals surface area contributed by atoms with Gasteiger partial charge >= 0.3 is 0 Å². The first-order valence-corrected chi connectivity index (χ1v) is 8.36. The Balaban J connectivity index is 1.56. The summed E-state index contributed by atoms with van der Waals surface area (Å²) in [7, 11) is 0. The van der Waals surface area contributed by atoms with Crippen LogP contribution in [0, 0.1) is 0 Å². The molecule has 1 atom stereocenters. The zero-order valence-electron chi connectivity index (χ0n) is 12.4. The molecule has 5 nitrogen and oxygen atoms in total. The smallest absolute Gasteiger partial charge is 0.266 e. The molecule has 4 rings (SSSR count). The predicted molar refractivity (Wildman–Crippen MR) is 87.0 cm³/mol. The number of rotatable bonds is 3. The highest BCUT2D eigenvalue weighted by molar-refractivity contribution is 7.12. The average Bonchev–Trinajstić information content (AvgIpc) is 3.35. The van der Waals surface area contributed by atoms with Crippen LogP contribution < -0.4 is 0 Å². The highest BCUT2D eigenvalue weighted by atomic mass is 32.1. The Bertz CT molecular complexity index is 777. The maximum absolute atomic E-state index is 12.9. The summed E-state index contributed by atoms with van der Waals surface area (Å²) in [5.41, 5.74) is 0.922. The maximum Gasteiger partial charge on any atom is 0.266 e. The Morgan fingerprint density at radius 2 is 2.09 bits per heavy atom. The molecule has 6 heteroatoms. The van der Waals surface area contributed by atoms with Gasteiger partial charge in [-0.15, -0.1) is 11.3 Å². The predicted octanol–water partition coefficient (Wildman–Crippen LogP) is 3.35. The minimum Gasteiger partial charge on any atom is -0.467 e. The summed E-state index contributed by atoms with van der Waals surface area (Å²) >= 11 is 1.47. The fraction of sp³-hybridized carbons (Fsp3) is 0.235. The lowest BCUT2D eigenvalue weighted by molar-refractivity contribution is -0.0319.